The summed E-state index contributed by atoms with van der Waals surface area (Å²) in [7, 11) is 0. The van der Waals surface area contributed by atoms with Crippen molar-refractivity contribution in [2.24, 2.45) is 23.7 Å². The summed E-state index contributed by atoms with van der Waals surface area (Å²) >= 11 is 0. The summed E-state index contributed by atoms with van der Waals surface area (Å²) in [5.74, 6) is 0.453. The second kappa shape index (κ2) is 4.76. The summed E-state index contributed by atoms with van der Waals surface area (Å²) in [6.45, 7) is 3.94. The molecule has 0 radical (unpaired) electrons. The molecule has 1 N–H and O–H groups in total. The van der Waals surface area contributed by atoms with Gasteiger partial charge in [0.1, 0.15) is 0 Å². The molecule has 1 amide bonds. The number of aliphatic hydroxyl groups excluding tert-OH is 1. The predicted molar refractivity (Wildman–Crippen MR) is 98.4 cm³/mol. The topological polar surface area (TPSA) is 49.8 Å². The molecule has 2 saturated carbocycles. The van der Waals surface area contributed by atoms with Gasteiger partial charge in [0, 0.05) is 17.7 Å². The Labute approximate surface area is 152 Å². The molecule has 4 heteroatoms. The van der Waals surface area contributed by atoms with Gasteiger partial charge in [0.15, 0.2) is 5.72 Å². The van der Waals surface area contributed by atoms with Crippen LogP contribution in [0.15, 0.2) is 55.1 Å². The van der Waals surface area contributed by atoms with E-state index in [0.717, 1.165) is 22.9 Å². The third kappa shape index (κ3) is 1.49. The highest BCUT2D eigenvalue weighted by atomic mass is 16.6. The average Bonchev–Trinajstić information content (AvgIpc) is 3.31. The number of carbonyl (C=O) groups excluding carboxylic acids is 1. The molecule has 2 aliphatic carbocycles. The van der Waals surface area contributed by atoms with Crippen molar-refractivity contribution in [3.63, 3.8) is 0 Å². The molecule has 0 spiro atoms. The van der Waals surface area contributed by atoms with Gasteiger partial charge in [-0.1, -0.05) is 42.5 Å². The molecule has 4 nitrogen and oxygen atoms in total. The van der Waals surface area contributed by atoms with Gasteiger partial charge in [0.2, 0.25) is 5.91 Å². The molecule has 2 aromatic rings. The van der Waals surface area contributed by atoms with Crippen molar-refractivity contribution in [2.75, 3.05) is 4.90 Å². The van der Waals surface area contributed by atoms with Gasteiger partial charge in [-0.15, -0.1) is 6.58 Å². The van der Waals surface area contributed by atoms with Crippen molar-refractivity contribution in [1.29, 1.82) is 0 Å². The Kier molecular flexibility index (Phi) is 2.73. The van der Waals surface area contributed by atoms with Crippen molar-refractivity contribution in [3.8, 4) is 0 Å². The number of aliphatic hydroxyl groups is 1. The van der Waals surface area contributed by atoms with Crippen molar-refractivity contribution in [1.82, 2.24) is 0 Å². The first-order valence-corrected chi connectivity index (χ1v) is 9.46. The Morgan fingerprint density at radius 3 is 2.88 bits per heavy atom. The van der Waals surface area contributed by atoms with Gasteiger partial charge < -0.3 is 9.84 Å². The van der Waals surface area contributed by atoms with Crippen LogP contribution in [0.4, 0.5) is 5.69 Å². The van der Waals surface area contributed by atoms with Crippen molar-refractivity contribution < 1.29 is 14.6 Å². The number of amides is 1. The minimum absolute atomic E-state index is 0.0363. The van der Waals surface area contributed by atoms with E-state index in [4.69, 9.17) is 4.74 Å². The van der Waals surface area contributed by atoms with Crippen LogP contribution in [0.1, 0.15) is 12.8 Å². The number of fused-ring (bicyclic) bond motifs is 3. The third-order valence-electron chi connectivity index (χ3n) is 7.24. The molecule has 7 unspecified atom stereocenters. The van der Waals surface area contributed by atoms with Crippen molar-refractivity contribution in [3.05, 3.63) is 55.1 Å². The van der Waals surface area contributed by atoms with E-state index in [1.54, 1.807) is 0 Å². The zero-order valence-electron chi connectivity index (χ0n) is 14.4. The maximum absolute atomic E-state index is 13.6. The van der Waals surface area contributed by atoms with Crippen molar-refractivity contribution >= 4 is 22.4 Å². The Morgan fingerprint density at radius 2 is 2.04 bits per heavy atom. The van der Waals surface area contributed by atoms with Crippen LogP contribution < -0.4 is 4.90 Å². The molecule has 0 aromatic heterocycles. The van der Waals surface area contributed by atoms with E-state index in [9.17, 15) is 9.90 Å². The van der Waals surface area contributed by atoms with Crippen LogP contribution in [0, 0.1) is 23.7 Å². The standard InChI is InChI=1S/C22H21NO3/c1-2-10-22-18-15-11-14(19(24)20(15)26-22)17(18)21(25)23(22)16-9-5-7-12-6-3-4-8-13(12)16/h2-9,14-15,17-20,24H,1,10-11H2. The summed E-state index contributed by atoms with van der Waals surface area (Å²) in [6.07, 6.45) is 2.71. The van der Waals surface area contributed by atoms with Gasteiger partial charge in [0.25, 0.3) is 0 Å². The Hall–Kier alpha value is -2.17. The molecular formula is C22H21NO3. The highest BCUT2D eigenvalue weighted by molar-refractivity contribution is 6.07. The Morgan fingerprint density at radius 1 is 1.23 bits per heavy atom. The van der Waals surface area contributed by atoms with Crippen LogP contribution in [0.5, 0.6) is 0 Å². The minimum Gasteiger partial charge on any atom is -0.390 e. The number of nitrogens with zero attached hydrogens (tertiary/aromatic N) is 1. The molecule has 2 heterocycles. The molecule has 26 heavy (non-hydrogen) atoms. The molecule has 6 rings (SSSR count). The van der Waals surface area contributed by atoms with Gasteiger partial charge in [-0.25, -0.2) is 0 Å². The fourth-order valence-electron chi connectivity index (χ4n) is 6.50. The predicted octanol–water partition coefficient (Wildman–Crippen LogP) is 3.10. The average molecular weight is 347 g/mol. The summed E-state index contributed by atoms with van der Waals surface area (Å²) in [6, 6.07) is 14.2. The van der Waals surface area contributed by atoms with Gasteiger partial charge in [-0.3, -0.25) is 9.69 Å². The first-order valence-electron chi connectivity index (χ1n) is 9.46. The lowest BCUT2D eigenvalue weighted by Crippen LogP contribution is -2.51. The number of carbonyl (C=O) groups is 1. The zero-order valence-corrected chi connectivity index (χ0v) is 14.4. The van der Waals surface area contributed by atoms with E-state index < -0.39 is 11.8 Å². The smallest absolute Gasteiger partial charge is 0.233 e. The number of anilines is 1. The molecule has 2 bridgehead atoms. The normalized spacial score (nSPS) is 42.2. The lowest BCUT2D eigenvalue weighted by Gasteiger charge is -2.39. The molecular weight excluding hydrogens is 326 g/mol. The minimum atomic E-state index is -0.699. The number of benzene rings is 2. The summed E-state index contributed by atoms with van der Waals surface area (Å²) in [5.41, 5.74) is 0.216. The second-order valence-corrected chi connectivity index (χ2v) is 8.20. The van der Waals surface area contributed by atoms with E-state index in [2.05, 4.69) is 24.8 Å². The number of hydrogen-bond donors (Lipinski definition) is 1. The Balaban J connectivity index is 1.59. The van der Waals surface area contributed by atoms with Crippen molar-refractivity contribution in [2.45, 2.75) is 30.8 Å². The van der Waals surface area contributed by atoms with Crippen LogP contribution in [0.3, 0.4) is 0 Å². The molecule has 7 atom stereocenters. The van der Waals surface area contributed by atoms with Gasteiger partial charge in [-0.2, -0.15) is 0 Å². The highest BCUT2D eigenvalue weighted by Crippen LogP contribution is 2.69. The monoisotopic (exact) mass is 347 g/mol. The fraction of sp³-hybridized carbons (Fsp3) is 0.409. The Bertz CT molecular complexity index is 950. The molecule has 2 saturated heterocycles. The van der Waals surface area contributed by atoms with E-state index >= 15 is 0 Å². The van der Waals surface area contributed by atoms with Gasteiger partial charge >= 0.3 is 0 Å². The largest absolute Gasteiger partial charge is 0.390 e. The van der Waals surface area contributed by atoms with Crippen LogP contribution in [-0.2, 0) is 9.53 Å². The van der Waals surface area contributed by atoms with E-state index in [1.807, 2.05) is 35.2 Å². The van der Waals surface area contributed by atoms with Crippen LogP contribution in [0.2, 0.25) is 0 Å². The molecule has 132 valence electrons. The lowest BCUT2D eigenvalue weighted by molar-refractivity contribution is -0.132. The number of hydrogen-bond acceptors (Lipinski definition) is 3. The first-order chi connectivity index (χ1) is 12.7. The summed E-state index contributed by atoms with van der Waals surface area (Å²) < 4.78 is 6.54. The SMILES string of the molecule is C=CCC12OC3C(O)C4CC3C1C4C(=O)N2c1cccc2ccccc12. The van der Waals surface area contributed by atoms with E-state index in [-0.39, 0.29) is 35.7 Å². The third-order valence-corrected chi connectivity index (χ3v) is 7.24. The first kappa shape index (κ1) is 14.9. The second-order valence-electron chi connectivity index (χ2n) is 8.20. The summed E-state index contributed by atoms with van der Waals surface area (Å²) in [5, 5.41) is 12.8. The van der Waals surface area contributed by atoms with E-state index in [0.29, 0.717) is 6.42 Å². The van der Waals surface area contributed by atoms with E-state index in [1.165, 1.54) is 0 Å². The van der Waals surface area contributed by atoms with Gasteiger partial charge in [0.05, 0.1) is 23.8 Å². The molecule has 2 aromatic carbocycles. The lowest BCUT2D eigenvalue weighted by atomic mass is 9.76. The maximum Gasteiger partial charge on any atom is 0.233 e. The summed E-state index contributed by atoms with van der Waals surface area (Å²) in [4.78, 5) is 15.5. The van der Waals surface area contributed by atoms with Gasteiger partial charge in [-0.05, 0) is 29.7 Å². The quantitative estimate of drug-likeness (QED) is 0.868. The highest BCUT2D eigenvalue weighted by Gasteiger charge is 2.78. The van der Waals surface area contributed by atoms with Crippen LogP contribution in [-0.4, -0.2) is 28.9 Å². The maximum atomic E-state index is 13.6. The fourth-order valence-corrected chi connectivity index (χ4v) is 6.50. The zero-order chi connectivity index (χ0) is 17.6. The molecule has 4 fully saturated rings. The number of rotatable bonds is 3. The van der Waals surface area contributed by atoms with Crippen LogP contribution in [0.25, 0.3) is 10.8 Å². The molecule has 4 aliphatic rings. The number of ether oxygens (including phenoxy) is 1. The molecule has 2 aliphatic heterocycles. The van der Waals surface area contributed by atoms with Crippen LogP contribution >= 0.6 is 0 Å².